The van der Waals surface area contributed by atoms with Gasteiger partial charge in [0.1, 0.15) is 0 Å². The molecule has 1 saturated carbocycles. The molecule has 0 unspecified atom stereocenters. The van der Waals surface area contributed by atoms with Gasteiger partial charge in [-0.2, -0.15) is 0 Å². The van der Waals surface area contributed by atoms with E-state index < -0.39 is 0 Å². The highest BCUT2D eigenvalue weighted by molar-refractivity contribution is 7.14. The van der Waals surface area contributed by atoms with E-state index in [0.29, 0.717) is 6.54 Å². The molecule has 0 bridgehead atoms. The molecule has 2 aliphatic rings. The van der Waals surface area contributed by atoms with Gasteiger partial charge in [0.15, 0.2) is 5.13 Å². The maximum absolute atomic E-state index is 12.9. The number of carbonyl (C=O) groups is 1. The smallest absolute Gasteiger partial charge is 0.324 e. The fraction of sp³-hybridized carbons (Fsp3) is 0.360. The molecule has 31 heavy (non-hydrogen) atoms. The Hall–Kier alpha value is -2.70. The summed E-state index contributed by atoms with van der Waals surface area (Å²) >= 11 is 1.54. The van der Waals surface area contributed by atoms with E-state index >= 15 is 0 Å². The van der Waals surface area contributed by atoms with Gasteiger partial charge in [0.05, 0.1) is 17.8 Å². The molecule has 2 aromatic carbocycles. The van der Waals surface area contributed by atoms with Gasteiger partial charge in [0.25, 0.3) is 0 Å². The zero-order valence-electron chi connectivity index (χ0n) is 18.0. The van der Waals surface area contributed by atoms with Crippen molar-refractivity contribution in [2.45, 2.75) is 36.8 Å². The number of hydrogen-bond acceptors (Lipinski definition) is 4. The molecule has 1 saturated heterocycles. The molecule has 5 nitrogen and oxygen atoms in total. The summed E-state index contributed by atoms with van der Waals surface area (Å²) in [6.45, 7) is 0.686. The number of nitrogens with one attached hydrogen (secondary N) is 1. The predicted octanol–water partition coefficient (Wildman–Crippen LogP) is 5.11. The third-order valence-corrected chi connectivity index (χ3v) is 7.94. The van der Waals surface area contributed by atoms with Crippen LogP contribution in [-0.2, 0) is 5.54 Å². The molecule has 1 aliphatic carbocycles. The number of hydrogen-bond donors (Lipinski definition) is 1. The van der Waals surface area contributed by atoms with Crippen molar-refractivity contribution in [3.63, 3.8) is 0 Å². The van der Waals surface area contributed by atoms with Crippen molar-refractivity contribution < 1.29 is 4.79 Å². The minimum atomic E-state index is -0.177. The van der Waals surface area contributed by atoms with Gasteiger partial charge in [-0.1, -0.05) is 60.7 Å². The Kier molecular flexibility index (Phi) is 5.07. The number of anilines is 1. The zero-order chi connectivity index (χ0) is 21.5. The molecule has 3 aromatic rings. The lowest BCUT2D eigenvalue weighted by atomic mass is 9.69. The van der Waals surface area contributed by atoms with Gasteiger partial charge in [-0.15, -0.1) is 11.3 Å². The highest BCUT2D eigenvalue weighted by atomic mass is 32.1. The quantitative estimate of drug-likeness (QED) is 0.623. The molecule has 2 fully saturated rings. The first-order valence-corrected chi connectivity index (χ1v) is 11.7. The number of aromatic nitrogens is 1. The number of thiazole rings is 1. The van der Waals surface area contributed by atoms with Gasteiger partial charge in [-0.25, -0.2) is 9.78 Å². The van der Waals surface area contributed by atoms with Gasteiger partial charge < -0.3 is 5.32 Å². The first kappa shape index (κ1) is 20.2. The van der Waals surface area contributed by atoms with E-state index in [0.717, 1.165) is 42.1 Å². The van der Waals surface area contributed by atoms with Crippen LogP contribution in [0.15, 0.2) is 66.0 Å². The van der Waals surface area contributed by atoms with Gasteiger partial charge in [-0.3, -0.25) is 9.80 Å². The molecule has 1 N–H and O–H groups in total. The van der Waals surface area contributed by atoms with E-state index in [1.165, 1.54) is 5.56 Å². The van der Waals surface area contributed by atoms with Crippen molar-refractivity contribution in [3.05, 3.63) is 71.6 Å². The molecule has 2 heterocycles. The summed E-state index contributed by atoms with van der Waals surface area (Å²) in [7, 11) is 4.34. The highest BCUT2D eigenvalue weighted by Crippen LogP contribution is 2.46. The largest absolute Gasteiger partial charge is 0.330 e. The second-order valence-corrected chi connectivity index (χ2v) is 9.81. The molecule has 160 valence electrons. The molecule has 1 aliphatic heterocycles. The number of urea groups is 1. The highest BCUT2D eigenvalue weighted by Gasteiger charge is 2.50. The lowest BCUT2D eigenvalue weighted by Crippen LogP contribution is -2.54. The normalized spacial score (nSPS) is 25.9. The summed E-state index contributed by atoms with van der Waals surface area (Å²) in [5.41, 5.74) is 3.21. The number of benzene rings is 2. The fourth-order valence-electron chi connectivity index (χ4n) is 5.16. The molecule has 0 radical (unpaired) electrons. The number of amides is 2. The van der Waals surface area contributed by atoms with Crippen LogP contribution in [-0.4, -0.2) is 42.1 Å². The third-order valence-electron chi connectivity index (χ3n) is 7.07. The summed E-state index contributed by atoms with van der Waals surface area (Å²) in [5.74, 6) is 0. The maximum atomic E-state index is 12.9. The van der Waals surface area contributed by atoms with Crippen molar-refractivity contribution in [2.75, 3.05) is 25.5 Å². The number of carbonyl (C=O) groups excluding carboxylic acids is 1. The molecule has 0 atom stereocenters. The standard InChI is InChI=1S/C25H28N4OS/c1-28(2)25(20-11-7-4-8-12-20)15-13-24(14-16-25)18-29(22(30)27-24)23-26-21(17-31-23)19-9-5-3-6-10-19/h3-12,17H,13-16,18H2,1-2H3,(H,27,30)/t24-,25-. The Morgan fingerprint density at radius 2 is 1.61 bits per heavy atom. The molecule has 5 rings (SSSR count). The third kappa shape index (κ3) is 3.54. The predicted molar refractivity (Wildman–Crippen MR) is 126 cm³/mol. The van der Waals surface area contributed by atoms with Gasteiger partial charge in [0.2, 0.25) is 0 Å². The van der Waals surface area contributed by atoms with Crippen LogP contribution in [0, 0.1) is 0 Å². The van der Waals surface area contributed by atoms with E-state index in [4.69, 9.17) is 4.98 Å². The zero-order valence-corrected chi connectivity index (χ0v) is 18.9. The van der Waals surface area contributed by atoms with Crippen LogP contribution in [0.1, 0.15) is 31.2 Å². The minimum Gasteiger partial charge on any atom is -0.330 e. The van der Waals surface area contributed by atoms with Crippen molar-refractivity contribution in [1.29, 1.82) is 0 Å². The van der Waals surface area contributed by atoms with Crippen LogP contribution in [0.25, 0.3) is 11.3 Å². The van der Waals surface area contributed by atoms with E-state index in [9.17, 15) is 4.79 Å². The van der Waals surface area contributed by atoms with Crippen molar-refractivity contribution in [2.24, 2.45) is 0 Å². The lowest BCUT2D eigenvalue weighted by Gasteiger charge is -2.48. The molecule has 1 aromatic heterocycles. The van der Waals surface area contributed by atoms with Crippen LogP contribution in [0.3, 0.4) is 0 Å². The lowest BCUT2D eigenvalue weighted by molar-refractivity contribution is 0.0658. The van der Waals surface area contributed by atoms with E-state index in [2.05, 4.69) is 66.8 Å². The summed E-state index contributed by atoms with van der Waals surface area (Å²) in [5, 5.41) is 6.15. The molecule has 6 heteroatoms. The minimum absolute atomic E-state index is 0.0202. The van der Waals surface area contributed by atoms with Crippen molar-refractivity contribution in [3.8, 4) is 11.3 Å². The van der Waals surface area contributed by atoms with Gasteiger partial charge >= 0.3 is 6.03 Å². The monoisotopic (exact) mass is 432 g/mol. The van der Waals surface area contributed by atoms with Gasteiger partial charge in [-0.05, 0) is 45.3 Å². The van der Waals surface area contributed by atoms with Crippen LogP contribution in [0.5, 0.6) is 0 Å². The van der Waals surface area contributed by atoms with Crippen LogP contribution in [0.2, 0.25) is 0 Å². The molecular formula is C25H28N4OS. The summed E-state index contributed by atoms with van der Waals surface area (Å²) in [4.78, 5) is 21.9. The van der Waals surface area contributed by atoms with Gasteiger partial charge in [0, 0.05) is 16.5 Å². The van der Waals surface area contributed by atoms with Crippen LogP contribution in [0.4, 0.5) is 9.93 Å². The molecule has 2 amide bonds. The Morgan fingerprint density at radius 1 is 0.968 bits per heavy atom. The second kappa shape index (κ2) is 7.77. The Morgan fingerprint density at radius 3 is 2.26 bits per heavy atom. The van der Waals surface area contributed by atoms with E-state index in [-0.39, 0.29) is 17.1 Å². The Labute approximate surface area is 187 Å². The van der Waals surface area contributed by atoms with Crippen LogP contribution >= 0.6 is 11.3 Å². The summed E-state index contributed by atoms with van der Waals surface area (Å²) in [6.07, 6.45) is 3.95. The first-order valence-electron chi connectivity index (χ1n) is 10.9. The average molecular weight is 433 g/mol. The van der Waals surface area contributed by atoms with E-state index in [1.54, 1.807) is 11.3 Å². The number of nitrogens with zero attached hydrogens (tertiary/aromatic N) is 3. The first-order chi connectivity index (χ1) is 15.0. The Balaban J connectivity index is 1.34. The molecule has 1 spiro atoms. The second-order valence-electron chi connectivity index (χ2n) is 8.97. The number of rotatable bonds is 4. The summed E-state index contributed by atoms with van der Waals surface area (Å²) in [6, 6.07) is 20.9. The van der Waals surface area contributed by atoms with Crippen molar-refractivity contribution >= 4 is 22.5 Å². The summed E-state index contributed by atoms with van der Waals surface area (Å²) < 4.78 is 0. The topological polar surface area (TPSA) is 48.5 Å². The fourth-order valence-corrected chi connectivity index (χ4v) is 5.99. The maximum Gasteiger partial charge on any atom is 0.324 e. The molecular weight excluding hydrogens is 404 g/mol. The Bertz CT molecular complexity index is 1060. The average Bonchev–Trinajstić information content (AvgIpc) is 3.40. The van der Waals surface area contributed by atoms with Crippen LogP contribution < -0.4 is 10.2 Å². The van der Waals surface area contributed by atoms with E-state index in [1.807, 2.05) is 28.5 Å². The van der Waals surface area contributed by atoms with Crippen molar-refractivity contribution in [1.82, 2.24) is 15.2 Å². The SMILES string of the molecule is CN(C)[C@]1(c2ccccc2)CC[C@@]2(CC1)CN(c1nc(-c3ccccc3)cs1)C(=O)N2.